The fraction of sp³-hybridized carbons (Fsp3) is 0.833. The van der Waals surface area contributed by atoms with Gasteiger partial charge in [0, 0.05) is 13.1 Å². The fourth-order valence-electron chi connectivity index (χ4n) is 1.06. The molecular weight excluding hydrogens is 134 g/mol. The minimum absolute atomic E-state index is 0.334. The first kappa shape index (κ1) is 7.50. The van der Waals surface area contributed by atoms with Gasteiger partial charge in [-0.3, -0.25) is 4.79 Å². The van der Waals surface area contributed by atoms with Gasteiger partial charge < -0.3 is 10.0 Å². The van der Waals surface area contributed by atoms with Crippen molar-refractivity contribution in [3.05, 3.63) is 0 Å². The molecule has 57 valence electrons. The zero-order valence-corrected chi connectivity index (χ0v) is 5.62. The van der Waals surface area contributed by atoms with Gasteiger partial charge in [0.25, 0.3) is 5.91 Å². The van der Waals surface area contributed by atoms with Gasteiger partial charge in [0.15, 0.2) is 6.61 Å². The highest BCUT2D eigenvalue weighted by molar-refractivity contribution is 5.77. The number of hydrogen-bond acceptors (Lipinski definition) is 2. The molecule has 1 aliphatic heterocycles. The number of amides is 1. The second kappa shape index (κ2) is 2.98. The van der Waals surface area contributed by atoms with Crippen LogP contribution >= 0.6 is 0 Å². The average Bonchev–Trinajstić information content (AvgIpc) is 2.34. The van der Waals surface area contributed by atoms with Gasteiger partial charge in [-0.05, 0) is 6.42 Å². The summed E-state index contributed by atoms with van der Waals surface area (Å²) in [4.78, 5) is 12.1. The van der Waals surface area contributed by atoms with Gasteiger partial charge in [0.1, 0.15) is 0 Å². The smallest absolute Gasteiger partial charge is 0.252 e. The molecule has 1 saturated heterocycles. The van der Waals surface area contributed by atoms with Gasteiger partial charge in [-0.2, -0.15) is 0 Å². The van der Waals surface area contributed by atoms with E-state index in [0.717, 1.165) is 0 Å². The number of carbonyl (C=O) groups is 1. The lowest BCUT2D eigenvalue weighted by molar-refractivity contribution is -0.135. The molecule has 10 heavy (non-hydrogen) atoms. The van der Waals surface area contributed by atoms with Crippen LogP contribution in [-0.2, 0) is 9.90 Å². The van der Waals surface area contributed by atoms with E-state index < -0.39 is 18.6 Å². The Morgan fingerprint density at radius 3 is 2.80 bits per heavy atom. The number of aliphatic hydroxyl groups excluding tert-OH is 1. The fourth-order valence-corrected chi connectivity index (χ4v) is 1.06. The summed E-state index contributed by atoms with van der Waals surface area (Å²) in [6.07, 6.45) is 0.182. The standard InChI is InChI=1S/C6H10NO3/c8-4-6(10)7-2-1-5(9)3-7/h5,9H,1-4H2. The molecular formula is C6H10NO3. The van der Waals surface area contributed by atoms with Crippen molar-refractivity contribution in [2.45, 2.75) is 12.5 Å². The van der Waals surface area contributed by atoms with E-state index in [1.807, 2.05) is 0 Å². The summed E-state index contributed by atoms with van der Waals surface area (Å²) in [6, 6.07) is 0. The zero-order valence-electron chi connectivity index (χ0n) is 5.62. The van der Waals surface area contributed by atoms with Gasteiger partial charge in [-0.1, -0.05) is 0 Å². The monoisotopic (exact) mass is 144 g/mol. The normalized spacial score (nSPS) is 25.4. The Morgan fingerprint density at radius 2 is 2.40 bits per heavy atom. The lowest BCUT2D eigenvalue weighted by Gasteiger charge is -2.11. The van der Waals surface area contributed by atoms with E-state index in [-0.39, 0.29) is 0 Å². The molecule has 0 saturated carbocycles. The molecule has 0 aromatic carbocycles. The second-order valence-electron chi connectivity index (χ2n) is 2.43. The van der Waals surface area contributed by atoms with E-state index in [2.05, 4.69) is 0 Å². The van der Waals surface area contributed by atoms with Crippen molar-refractivity contribution in [1.29, 1.82) is 0 Å². The zero-order chi connectivity index (χ0) is 7.56. The number of β-amino-alcohol motifs (C(OH)–C–C–N with tert-alkyl or cyclic N) is 1. The third kappa shape index (κ3) is 1.46. The van der Waals surface area contributed by atoms with Crippen LogP contribution in [0.5, 0.6) is 0 Å². The molecule has 1 atom stereocenters. The van der Waals surface area contributed by atoms with Crippen LogP contribution in [0.3, 0.4) is 0 Å². The molecule has 4 heteroatoms. The summed E-state index contributed by atoms with van der Waals surface area (Å²) in [7, 11) is 0. The number of hydrogen-bond donors (Lipinski definition) is 1. The van der Waals surface area contributed by atoms with Crippen LogP contribution in [0.2, 0.25) is 0 Å². The maximum absolute atomic E-state index is 10.7. The van der Waals surface area contributed by atoms with Crippen LogP contribution in [0.1, 0.15) is 6.42 Å². The SMILES string of the molecule is [O]CC(=O)N1CCC(O)C1. The first-order valence-electron chi connectivity index (χ1n) is 3.28. The van der Waals surface area contributed by atoms with E-state index >= 15 is 0 Å². The largest absolute Gasteiger partial charge is 0.391 e. The highest BCUT2D eigenvalue weighted by atomic mass is 16.3. The molecule has 1 rings (SSSR count). The average molecular weight is 144 g/mol. The van der Waals surface area contributed by atoms with Crippen LogP contribution in [0.15, 0.2) is 0 Å². The molecule has 1 heterocycles. The van der Waals surface area contributed by atoms with Gasteiger partial charge in [-0.15, -0.1) is 0 Å². The van der Waals surface area contributed by atoms with Gasteiger partial charge >= 0.3 is 0 Å². The third-order valence-corrected chi connectivity index (χ3v) is 1.64. The number of likely N-dealkylation sites (tertiary alicyclic amines) is 1. The van der Waals surface area contributed by atoms with Crippen LogP contribution in [0.25, 0.3) is 0 Å². The van der Waals surface area contributed by atoms with E-state index in [1.165, 1.54) is 4.90 Å². The molecule has 1 aliphatic rings. The molecule has 1 amide bonds. The quantitative estimate of drug-likeness (QED) is 0.513. The van der Waals surface area contributed by atoms with Crippen molar-refractivity contribution in [3.63, 3.8) is 0 Å². The number of carbonyl (C=O) groups excluding carboxylic acids is 1. The molecule has 0 bridgehead atoms. The molecule has 1 unspecified atom stereocenters. The number of nitrogens with zero attached hydrogens (tertiary/aromatic N) is 1. The molecule has 0 aliphatic carbocycles. The Bertz CT molecular complexity index is 137. The van der Waals surface area contributed by atoms with Gasteiger partial charge in [0.05, 0.1) is 6.10 Å². The predicted octanol–water partition coefficient (Wildman–Crippen LogP) is -0.990. The van der Waals surface area contributed by atoms with Crippen LogP contribution in [0, 0.1) is 0 Å². The first-order chi connectivity index (χ1) is 4.74. The van der Waals surface area contributed by atoms with Crippen molar-refractivity contribution in [2.24, 2.45) is 0 Å². The van der Waals surface area contributed by atoms with E-state index in [9.17, 15) is 9.90 Å². The van der Waals surface area contributed by atoms with Gasteiger partial charge in [0.2, 0.25) is 0 Å². The lowest BCUT2D eigenvalue weighted by Crippen LogP contribution is -2.31. The minimum Gasteiger partial charge on any atom is -0.391 e. The maximum Gasteiger partial charge on any atom is 0.252 e. The summed E-state index contributed by atoms with van der Waals surface area (Å²) in [5, 5.41) is 19.0. The van der Waals surface area contributed by atoms with E-state index in [4.69, 9.17) is 5.11 Å². The molecule has 0 aromatic heterocycles. The minimum atomic E-state index is -0.702. The predicted molar refractivity (Wildman–Crippen MR) is 32.8 cm³/mol. The molecule has 4 nitrogen and oxygen atoms in total. The van der Waals surface area contributed by atoms with Crippen molar-refractivity contribution in [1.82, 2.24) is 4.90 Å². The molecule has 1 fully saturated rings. The van der Waals surface area contributed by atoms with Crippen LogP contribution in [0.4, 0.5) is 0 Å². The van der Waals surface area contributed by atoms with Crippen LogP contribution < -0.4 is 0 Å². The molecule has 0 aromatic rings. The number of rotatable bonds is 1. The molecule has 1 radical (unpaired) electrons. The molecule has 0 spiro atoms. The topological polar surface area (TPSA) is 60.4 Å². The third-order valence-electron chi connectivity index (χ3n) is 1.64. The summed E-state index contributed by atoms with van der Waals surface area (Å²) in [6.45, 7) is 0.163. The molecule has 1 N–H and O–H groups in total. The Labute approximate surface area is 59.1 Å². The van der Waals surface area contributed by atoms with Crippen LogP contribution in [-0.4, -0.2) is 41.7 Å². The number of aliphatic hydroxyl groups is 1. The van der Waals surface area contributed by atoms with E-state index in [1.54, 1.807) is 0 Å². The Hall–Kier alpha value is -0.610. The van der Waals surface area contributed by atoms with Crippen molar-refractivity contribution in [3.8, 4) is 0 Å². The van der Waals surface area contributed by atoms with Crippen molar-refractivity contribution >= 4 is 5.91 Å². The Morgan fingerprint density at radius 1 is 1.70 bits per heavy atom. The maximum atomic E-state index is 10.7. The van der Waals surface area contributed by atoms with Crippen molar-refractivity contribution in [2.75, 3.05) is 19.7 Å². The van der Waals surface area contributed by atoms with E-state index in [0.29, 0.717) is 19.5 Å². The van der Waals surface area contributed by atoms with Gasteiger partial charge in [-0.25, -0.2) is 5.11 Å². The summed E-state index contributed by atoms with van der Waals surface area (Å²) >= 11 is 0. The first-order valence-corrected chi connectivity index (χ1v) is 3.28. The Kier molecular flexibility index (Phi) is 2.24. The lowest BCUT2D eigenvalue weighted by atomic mass is 10.3. The highest BCUT2D eigenvalue weighted by Crippen LogP contribution is 2.07. The summed E-state index contributed by atoms with van der Waals surface area (Å²) < 4.78 is 0. The second-order valence-corrected chi connectivity index (χ2v) is 2.43. The highest BCUT2D eigenvalue weighted by Gasteiger charge is 2.23. The van der Waals surface area contributed by atoms with Crippen molar-refractivity contribution < 1.29 is 15.0 Å². The Balaban J connectivity index is 2.37. The summed E-state index contributed by atoms with van der Waals surface area (Å²) in [5.41, 5.74) is 0. The summed E-state index contributed by atoms with van der Waals surface area (Å²) in [5.74, 6) is -0.406.